The van der Waals surface area contributed by atoms with Crippen LogP contribution in [0.4, 0.5) is 26.3 Å². The van der Waals surface area contributed by atoms with E-state index < -0.39 is 65.9 Å². The molecule has 0 saturated carbocycles. The Bertz CT molecular complexity index is 2130. The summed E-state index contributed by atoms with van der Waals surface area (Å²) in [5, 5.41) is 0. The van der Waals surface area contributed by atoms with Crippen molar-refractivity contribution >= 4 is 46.7 Å². The number of nitrogens with two attached hydrogens (primary N) is 1. The van der Waals surface area contributed by atoms with Crippen LogP contribution in [-0.2, 0) is 38.0 Å². The van der Waals surface area contributed by atoms with E-state index in [1.807, 2.05) is 6.92 Å². The molecule has 0 aliphatic rings. The number of pyridine rings is 1. The fourth-order valence-corrected chi connectivity index (χ4v) is 7.98. The molecule has 0 fully saturated rings. The molecule has 5 rings (SSSR count). The number of ketones is 4. The van der Waals surface area contributed by atoms with Gasteiger partial charge in [0.05, 0.1) is 11.1 Å². The van der Waals surface area contributed by atoms with Crippen LogP contribution in [0.15, 0.2) is 101 Å². The van der Waals surface area contributed by atoms with Gasteiger partial charge in [-0.1, -0.05) is 37.3 Å². The number of nitrogens with zero attached hydrogens (tertiary/aromatic N) is 3. The Morgan fingerprint density at radius 1 is 0.603 bits per heavy atom. The van der Waals surface area contributed by atoms with Gasteiger partial charge in [-0.2, -0.15) is 26.3 Å². The van der Waals surface area contributed by atoms with Crippen LogP contribution < -0.4 is 5.73 Å². The lowest BCUT2D eigenvalue weighted by Gasteiger charge is -2.18. The maximum atomic E-state index is 14.2. The lowest BCUT2D eigenvalue weighted by atomic mass is 9.95. The van der Waals surface area contributed by atoms with E-state index in [0.717, 1.165) is 48.4 Å². The number of rotatable bonds is 18. The molecule has 0 spiro atoms. The molecule has 0 amide bonds. The number of carbonyl (C=O) groups is 4. The average molecular weight is 839 g/mol. The summed E-state index contributed by atoms with van der Waals surface area (Å²) in [7, 11) is 0. The molecule has 0 radical (unpaired) electrons. The predicted molar refractivity (Wildman–Crippen MR) is 209 cm³/mol. The summed E-state index contributed by atoms with van der Waals surface area (Å²) in [4.78, 5) is 66.2. The van der Waals surface area contributed by atoms with E-state index in [9.17, 15) is 45.5 Å². The van der Waals surface area contributed by atoms with Crippen LogP contribution >= 0.6 is 23.5 Å². The minimum absolute atomic E-state index is 0.0134. The van der Waals surface area contributed by atoms with Crippen LogP contribution in [0.2, 0.25) is 0 Å². The zero-order valence-electron chi connectivity index (χ0n) is 31.0. The number of carbonyl (C=O) groups excluding carboxylic acids is 4. The molecule has 0 unspecified atom stereocenters. The summed E-state index contributed by atoms with van der Waals surface area (Å²) in [6, 6.07) is 15.6. The van der Waals surface area contributed by atoms with Gasteiger partial charge in [0.15, 0.2) is 23.1 Å². The van der Waals surface area contributed by atoms with Gasteiger partial charge in [-0.3, -0.25) is 24.2 Å². The molecule has 0 atom stereocenters. The smallest absolute Gasteiger partial charge is 0.330 e. The third-order valence-electron chi connectivity index (χ3n) is 8.68. The maximum Gasteiger partial charge on any atom is 0.416 e. The number of benzene rings is 3. The second kappa shape index (κ2) is 19.5. The molecule has 0 bridgehead atoms. The second-order valence-electron chi connectivity index (χ2n) is 13.0. The minimum atomic E-state index is -4.83. The van der Waals surface area contributed by atoms with Crippen molar-refractivity contribution in [1.29, 1.82) is 0 Å². The Morgan fingerprint density at radius 2 is 1.05 bits per heavy atom. The lowest BCUT2D eigenvalue weighted by Crippen LogP contribution is -2.16. The molecule has 2 N–H and O–H groups in total. The summed E-state index contributed by atoms with van der Waals surface area (Å²) in [6.45, 7) is 2.01. The number of hydrogen-bond acceptors (Lipinski definition) is 10. The van der Waals surface area contributed by atoms with Crippen molar-refractivity contribution in [3.8, 4) is 0 Å². The first kappa shape index (κ1) is 43.9. The molecule has 0 saturated heterocycles. The third-order valence-corrected chi connectivity index (χ3v) is 11.4. The van der Waals surface area contributed by atoms with Crippen molar-refractivity contribution in [3.05, 3.63) is 147 Å². The maximum absolute atomic E-state index is 14.2. The Morgan fingerprint density at radius 3 is 1.48 bits per heavy atom. The van der Waals surface area contributed by atoms with Gasteiger partial charge in [0.2, 0.25) is 0 Å². The fraction of sp³-hybridized carbons (Fsp3) is 0.262. The Hall–Kier alpha value is -5.19. The van der Waals surface area contributed by atoms with Gasteiger partial charge in [-0.15, -0.1) is 23.5 Å². The first-order chi connectivity index (χ1) is 27.6. The van der Waals surface area contributed by atoms with E-state index in [0.29, 0.717) is 22.6 Å². The minimum Gasteiger partial charge on any atom is -0.330 e. The number of halogens is 6. The van der Waals surface area contributed by atoms with E-state index in [4.69, 9.17) is 5.73 Å². The molecule has 8 nitrogen and oxygen atoms in total. The molecule has 0 aliphatic heterocycles. The quantitative estimate of drug-likeness (QED) is 0.0518. The van der Waals surface area contributed by atoms with Crippen molar-refractivity contribution in [2.24, 2.45) is 5.73 Å². The fourth-order valence-electron chi connectivity index (χ4n) is 5.99. The van der Waals surface area contributed by atoms with Gasteiger partial charge in [0.25, 0.3) is 0 Å². The zero-order chi connectivity index (χ0) is 42.0. The van der Waals surface area contributed by atoms with E-state index in [2.05, 4.69) is 15.0 Å². The summed E-state index contributed by atoms with van der Waals surface area (Å²) < 4.78 is 85.1. The summed E-state index contributed by atoms with van der Waals surface area (Å²) in [5.41, 5.74) is 3.56. The number of hydrogen-bond donors (Lipinski definition) is 1. The summed E-state index contributed by atoms with van der Waals surface area (Å²) in [5.74, 6) is -1.72. The molecule has 2 heterocycles. The Balaban J connectivity index is 1.48. The SMILES string of the molecule is CCCSc1c(CC(=O)c2ccccc2)cc(C(F)(F)F)cc1CC(=O)c1cc(C(=O)Cc2cc(C(F)(F)F)cc(CC(=O)c3cccnc3)c2SCCN)ncn1. The van der Waals surface area contributed by atoms with Crippen LogP contribution in [0.1, 0.15) is 88.4 Å². The monoisotopic (exact) mass is 838 g/mol. The highest BCUT2D eigenvalue weighted by Gasteiger charge is 2.34. The average Bonchev–Trinajstić information content (AvgIpc) is 3.20. The van der Waals surface area contributed by atoms with Crippen LogP contribution in [0.5, 0.6) is 0 Å². The highest BCUT2D eigenvalue weighted by atomic mass is 32.2. The second-order valence-corrected chi connectivity index (χ2v) is 15.2. The topological polar surface area (TPSA) is 133 Å². The molecular formula is C42H36F6N4O4S2. The van der Waals surface area contributed by atoms with Crippen LogP contribution in [0, 0.1) is 0 Å². The molecular weight excluding hydrogens is 803 g/mol. The molecule has 5 aromatic rings. The number of aromatic nitrogens is 3. The highest BCUT2D eigenvalue weighted by molar-refractivity contribution is 7.99. The van der Waals surface area contributed by atoms with Gasteiger partial charge in [0, 0.05) is 71.3 Å². The van der Waals surface area contributed by atoms with Crippen LogP contribution in [-0.4, -0.2) is 56.1 Å². The molecule has 58 heavy (non-hydrogen) atoms. The lowest BCUT2D eigenvalue weighted by molar-refractivity contribution is -0.138. The molecule has 2 aromatic heterocycles. The number of alkyl halides is 6. The van der Waals surface area contributed by atoms with Gasteiger partial charge >= 0.3 is 12.4 Å². The standard InChI is InChI=1S/C42H36F6N4O4S2/c1-2-12-57-39-27(18-35(53)25-7-4-3-5-8-25)14-31(41(43,44)45)16-29(39)20-37(55)33-22-34(52-24-51-33)38(56)21-30-17-32(42(46,47)48)15-28(40(30)58-13-10-49)19-36(54)26-9-6-11-50-23-26/h3-9,11,14-17,22-24H,2,10,12-13,18-21,49H2,1H3. The van der Waals surface area contributed by atoms with E-state index in [-0.39, 0.29) is 62.8 Å². The van der Waals surface area contributed by atoms with Crippen LogP contribution in [0.25, 0.3) is 0 Å². The van der Waals surface area contributed by atoms with E-state index >= 15 is 0 Å². The number of Topliss-reactive ketones (excluding diaryl/α,β-unsaturated/α-hetero) is 4. The van der Waals surface area contributed by atoms with Gasteiger partial charge in [-0.05, 0) is 76.9 Å². The normalized spacial score (nSPS) is 11.7. The molecule has 0 aliphatic carbocycles. The van der Waals surface area contributed by atoms with Gasteiger partial charge < -0.3 is 5.73 Å². The largest absolute Gasteiger partial charge is 0.416 e. The van der Waals surface area contributed by atoms with Crippen molar-refractivity contribution in [2.45, 2.75) is 61.2 Å². The predicted octanol–water partition coefficient (Wildman–Crippen LogP) is 9.16. The van der Waals surface area contributed by atoms with E-state index in [1.165, 1.54) is 36.3 Å². The van der Waals surface area contributed by atoms with Crippen molar-refractivity contribution in [3.63, 3.8) is 0 Å². The molecule has 16 heteroatoms. The van der Waals surface area contributed by atoms with Crippen molar-refractivity contribution in [1.82, 2.24) is 15.0 Å². The first-order valence-electron chi connectivity index (χ1n) is 17.9. The van der Waals surface area contributed by atoms with Crippen LogP contribution in [0.3, 0.4) is 0 Å². The van der Waals surface area contributed by atoms with Crippen molar-refractivity contribution in [2.75, 3.05) is 18.1 Å². The van der Waals surface area contributed by atoms with Crippen molar-refractivity contribution < 1.29 is 45.5 Å². The van der Waals surface area contributed by atoms with Gasteiger partial charge in [-0.25, -0.2) is 9.97 Å². The van der Waals surface area contributed by atoms with Gasteiger partial charge in [0.1, 0.15) is 17.7 Å². The zero-order valence-corrected chi connectivity index (χ0v) is 32.6. The summed E-state index contributed by atoms with van der Waals surface area (Å²) in [6.07, 6.45) is -7.30. The van der Waals surface area contributed by atoms with E-state index in [1.54, 1.807) is 30.3 Å². The first-order valence-corrected chi connectivity index (χ1v) is 19.9. The summed E-state index contributed by atoms with van der Waals surface area (Å²) >= 11 is 2.30. The molecule has 302 valence electrons. The number of thioether (sulfide) groups is 2. The Kier molecular flexibility index (Phi) is 14.8. The third kappa shape index (κ3) is 11.5. The Labute approximate surface area is 338 Å². The highest BCUT2D eigenvalue weighted by Crippen LogP contribution is 2.39. The molecule has 3 aromatic carbocycles.